The minimum absolute atomic E-state index is 0.358. The van der Waals surface area contributed by atoms with E-state index in [2.05, 4.69) is 48.9 Å². The maximum atomic E-state index is 6.13. The molecule has 1 aromatic carbocycles. The van der Waals surface area contributed by atoms with Gasteiger partial charge in [0.25, 0.3) is 0 Å². The van der Waals surface area contributed by atoms with Crippen molar-refractivity contribution in [2.24, 2.45) is 0 Å². The molecule has 1 atom stereocenters. The predicted octanol–water partition coefficient (Wildman–Crippen LogP) is 2.54. The second-order valence-electron chi connectivity index (χ2n) is 6.12. The molecule has 1 saturated heterocycles. The topological polar surface area (TPSA) is 15.7 Å². The SMILES string of the molecule is CC(C)N1CCc2ccc(O[C@H]3CCN(C)C3)cc21. The molecule has 0 saturated carbocycles. The summed E-state index contributed by atoms with van der Waals surface area (Å²) in [5, 5.41) is 0. The monoisotopic (exact) mass is 260 g/mol. The smallest absolute Gasteiger partial charge is 0.121 e. The van der Waals surface area contributed by atoms with E-state index in [-0.39, 0.29) is 0 Å². The lowest BCUT2D eigenvalue weighted by Crippen LogP contribution is -2.28. The molecular weight excluding hydrogens is 236 g/mol. The molecule has 0 aromatic heterocycles. The molecule has 0 radical (unpaired) electrons. The number of hydrogen-bond acceptors (Lipinski definition) is 3. The number of rotatable bonds is 3. The largest absolute Gasteiger partial charge is 0.489 e. The van der Waals surface area contributed by atoms with Crippen molar-refractivity contribution in [3.63, 3.8) is 0 Å². The van der Waals surface area contributed by atoms with Crippen LogP contribution >= 0.6 is 0 Å². The normalized spacial score (nSPS) is 23.2. The Hall–Kier alpha value is -1.22. The molecule has 0 N–H and O–H groups in total. The van der Waals surface area contributed by atoms with E-state index in [4.69, 9.17) is 4.74 Å². The van der Waals surface area contributed by atoms with Gasteiger partial charge in [-0.25, -0.2) is 0 Å². The van der Waals surface area contributed by atoms with E-state index in [9.17, 15) is 0 Å². The van der Waals surface area contributed by atoms with Crippen molar-refractivity contribution in [3.8, 4) is 5.75 Å². The van der Waals surface area contributed by atoms with Crippen molar-refractivity contribution in [2.45, 2.75) is 38.8 Å². The molecule has 3 rings (SSSR count). The molecular formula is C16H24N2O. The molecule has 0 amide bonds. The highest BCUT2D eigenvalue weighted by molar-refractivity contribution is 5.61. The lowest BCUT2D eigenvalue weighted by molar-refractivity contribution is 0.208. The Kier molecular flexibility index (Phi) is 3.40. The van der Waals surface area contributed by atoms with E-state index < -0.39 is 0 Å². The van der Waals surface area contributed by atoms with Gasteiger partial charge in [0, 0.05) is 37.4 Å². The maximum Gasteiger partial charge on any atom is 0.121 e. The summed E-state index contributed by atoms with van der Waals surface area (Å²) in [6.45, 7) is 7.85. The molecule has 0 aliphatic carbocycles. The van der Waals surface area contributed by atoms with Gasteiger partial charge in [-0.05, 0) is 45.4 Å². The van der Waals surface area contributed by atoms with Crippen molar-refractivity contribution >= 4 is 5.69 Å². The van der Waals surface area contributed by atoms with E-state index in [0.29, 0.717) is 12.1 Å². The van der Waals surface area contributed by atoms with E-state index in [1.54, 1.807) is 0 Å². The molecule has 1 aromatic rings. The molecule has 2 aliphatic heterocycles. The highest BCUT2D eigenvalue weighted by Crippen LogP contribution is 2.33. The third-order valence-electron chi connectivity index (χ3n) is 4.26. The summed E-state index contributed by atoms with van der Waals surface area (Å²) in [5.74, 6) is 1.03. The molecule has 0 bridgehead atoms. The summed E-state index contributed by atoms with van der Waals surface area (Å²) in [7, 11) is 2.16. The Labute approximate surface area is 116 Å². The van der Waals surface area contributed by atoms with Crippen molar-refractivity contribution in [1.29, 1.82) is 0 Å². The molecule has 3 heteroatoms. The van der Waals surface area contributed by atoms with Crippen LogP contribution < -0.4 is 9.64 Å². The number of likely N-dealkylation sites (tertiary alicyclic amines) is 1. The first-order valence-corrected chi connectivity index (χ1v) is 7.38. The van der Waals surface area contributed by atoms with Gasteiger partial charge in [-0.3, -0.25) is 0 Å². The summed E-state index contributed by atoms with van der Waals surface area (Å²) < 4.78 is 6.13. The zero-order valence-electron chi connectivity index (χ0n) is 12.2. The fraction of sp³-hybridized carbons (Fsp3) is 0.625. The van der Waals surface area contributed by atoms with Crippen LogP contribution in [0.1, 0.15) is 25.8 Å². The molecule has 2 aliphatic rings. The lowest BCUT2D eigenvalue weighted by atomic mass is 10.1. The van der Waals surface area contributed by atoms with Crippen LogP contribution in [-0.4, -0.2) is 43.7 Å². The third-order valence-corrected chi connectivity index (χ3v) is 4.26. The van der Waals surface area contributed by atoms with Gasteiger partial charge >= 0.3 is 0 Å². The Balaban J connectivity index is 1.75. The van der Waals surface area contributed by atoms with Crippen molar-refractivity contribution in [1.82, 2.24) is 4.90 Å². The number of anilines is 1. The first-order chi connectivity index (χ1) is 9.13. The number of benzene rings is 1. The van der Waals surface area contributed by atoms with E-state index in [1.165, 1.54) is 17.7 Å². The summed E-state index contributed by atoms with van der Waals surface area (Å²) in [4.78, 5) is 4.81. The van der Waals surface area contributed by atoms with Crippen LogP contribution in [-0.2, 0) is 6.42 Å². The quantitative estimate of drug-likeness (QED) is 0.830. The number of fused-ring (bicyclic) bond motifs is 1. The summed E-state index contributed by atoms with van der Waals surface area (Å²) >= 11 is 0. The molecule has 1 fully saturated rings. The number of nitrogens with zero attached hydrogens (tertiary/aromatic N) is 2. The van der Waals surface area contributed by atoms with Crippen LogP contribution in [0.4, 0.5) is 5.69 Å². The fourth-order valence-corrected chi connectivity index (χ4v) is 3.18. The first kappa shape index (κ1) is 12.8. The van der Waals surface area contributed by atoms with Gasteiger partial charge in [0.1, 0.15) is 11.9 Å². The van der Waals surface area contributed by atoms with Gasteiger partial charge in [0.15, 0.2) is 0 Å². The minimum atomic E-state index is 0.358. The van der Waals surface area contributed by atoms with Crippen molar-refractivity contribution in [3.05, 3.63) is 23.8 Å². The Morgan fingerprint density at radius 2 is 2.11 bits per heavy atom. The van der Waals surface area contributed by atoms with Gasteiger partial charge in [0.2, 0.25) is 0 Å². The Bertz CT molecular complexity index is 458. The first-order valence-electron chi connectivity index (χ1n) is 7.38. The van der Waals surface area contributed by atoms with Crippen LogP contribution in [0.15, 0.2) is 18.2 Å². The van der Waals surface area contributed by atoms with Crippen molar-refractivity contribution in [2.75, 3.05) is 31.6 Å². The summed E-state index contributed by atoms with van der Waals surface area (Å²) in [6.07, 6.45) is 2.67. The van der Waals surface area contributed by atoms with Gasteiger partial charge in [-0.1, -0.05) is 6.07 Å². The Morgan fingerprint density at radius 3 is 2.79 bits per heavy atom. The zero-order chi connectivity index (χ0) is 13.4. The number of likely N-dealkylation sites (N-methyl/N-ethyl adjacent to an activating group) is 1. The minimum Gasteiger partial charge on any atom is -0.489 e. The predicted molar refractivity (Wildman–Crippen MR) is 79.2 cm³/mol. The average molecular weight is 260 g/mol. The second-order valence-corrected chi connectivity index (χ2v) is 6.12. The zero-order valence-corrected chi connectivity index (χ0v) is 12.2. The molecule has 104 valence electrons. The van der Waals surface area contributed by atoms with Gasteiger partial charge in [-0.2, -0.15) is 0 Å². The van der Waals surface area contributed by atoms with Crippen molar-refractivity contribution < 1.29 is 4.74 Å². The molecule has 0 unspecified atom stereocenters. The fourth-order valence-electron chi connectivity index (χ4n) is 3.18. The summed E-state index contributed by atoms with van der Waals surface area (Å²) in [5.41, 5.74) is 2.84. The lowest BCUT2D eigenvalue weighted by Gasteiger charge is -2.24. The van der Waals surface area contributed by atoms with Crippen LogP contribution in [0.25, 0.3) is 0 Å². The highest BCUT2D eigenvalue weighted by atomic mass is 16.5. The number of ether oxygens (including phenoxy) is 1. The van der Waals surface area contributed by atoms with E-state index >= 15 is 0 Å². The second kappa shape index (κ2) is 5.04. The van der Waals surface area contributed by atoms with Gasteiger partial charge < -0.3 is 14.5 Å². The van der Waals surface area contributed by atoms with Crippen LogP contribution in [0.2, 0.25) is 0 Å². The van der Waals surface area contributed by atoms with Gasteiger partial charge in [-0.15, -0.1) is 0 Å². The van der Waals surface area contributed by atoms with E-state index in [0.717, 1.165) is 31.8 Å². The standard InChI is InChI=1S/C16H24N2O/c1-12(2)18-9-6-13-4-5-14(10-16(13)18)19-15-7-8-17(3)11-15/h4-5,10,12,15H,6-9,11H2,1-3H3/t15-/m0/s1. The average Bonchev–Trinajstić information content (AvgIpc) is 2.95. The van der Waals surface area contributed by atoms with E-state index in [1.807, 2.05) is 0 Å². The van der Waals surface area contributed by atoms with Crippen LogP contribution in [0.3, 0.4) is 0 Å². The molecule has 19 heavy (non-hydrogen) atoms. The van der Waals surface area contributed by atoms with Crippen LogP contribution in [0.5, 0.6) is 5.75 Å². The number of hydrogen-bond donors (Lipinski definition) is 0. The molecule has 2 heterocycles. The molecule has 0 spiro atoms. The Morgan fingerprint density at radius 1 is 1.26 bits per heavy atom. The van der Waals surface area contributed by atoms with Gasteiger partial charge in [0.05, 0.1) is 0 Å². The molecule has 3 nitrogen and oxygen atoms in total. The summed E-state index contributed by atoms with van der Waals surface area (Å²) in [6, 6.07) is 7.18. The maximum absolute atomic E-state index is 6.13. The highest BCUT2D eigenvalue weighted by Gasteiger charge is 2.24. The van der Waals surface area contributed by atoms with Crippen LogP contribution in [0, 0.1) is 0 Å². The third kappa shape index (κ3) is 2.57.